The Kier molecular flexibility index (Phi) is 5.80. The molecule has 0 unspecified atom stereocenters. The van der Waals surface area contributed by atoms with Gasteiger partial charge in [-0.1, -0.05) is 6.07 Å². The molecule has 0 spiro atoms. The summed E-state index contributed by atoms with van der Waals surface area (Å²) >= 11 is 0. The Labute approximate surface area is 142 Å². The Bertz CT molecular complexity index is 771. The van der Waals surface area contributed by atoms with Crippen LogP contribution in [0.25, 0.3) is 6.08 Å². The molecule has 0 aliphatic carbocycles. The third-order valence-electron chi connectivity index (χ3n) is 3.15. The molecule has 25 heavy (non-hydrogen) atoms. The van der Waals surface area contributed by atoms with Gasteiger partial charge in [-0.2, -0.15) is 13.2 Å². The molecule has 0 bridgehead atoms. The minimum Gasteiger partial charge on any atom is -0.463 e. The highest BCUT2D eigenvalue weighted by Crippen LogP contribution is 2.38. The summed E-state index contributed by atoms with van der Waals surface area (Å²) in [5.41, 5.74) is -0.519. The number of hydrogen-bond donors (Lipinski definition) is 0. The van der Waals surface area contributed by atoms with Crippen LogP contribution in [0, 0.1) is 0 Å². The molecule has 0 atom stereocenters. The summed E-state index contributed by atoms with van der Waals surface area (Å²) < 4.78 is 50.1. The van der Waals surface area contributed by atoms with Crippen molar-refractivity contribution in [1.82, 2.24) is 4.98 Å². The van der Waals surface area contributed by atoms with Crippen LogP contribution < -0.4 is 4.74 Å². The Morgan fingerprint density at radius 3 is 2.64 bits per heavy atom. The molecule has 1 aromatic heterocycles. The minimum absolute atomic E-state index is 0.190. The van der Waals surface area contributed by atoms with Crippen LogP contribution in [0.3, 0.4) is 0 Å². The maximum atomic E-state index is 13.3. The second-order valence-corrected chi connectivity index (χ2v) is 5.09. The number of rotatable bonds is 5. The van der Waals surface area contributed by atoms with Gasteiger partial charge in [-0.25, -0.2) is 4.79 Å². The molecular formula is C18H16F3NO3. The van der Waals surface area contributed by atoms with E-state index in [2.05, 4.69) is 4.98 Å². The third-order valence-corrected chi connectivity index (χ3v) is 3.15. The number of aromatic nitrogens is 1. The van der Waals surface area contributed by atoms with E-state index in [-0.39, 0.29) is 29.2 Å². The number of ether oxygens (including phenoxy) is 2. The summed E-state index contributed by atoms with van der Waals surface area (Å²) in [5, 5.41) is 0. The predicted octanol–water partition coefficient (Wildman–Crippen LogP) is 4.86. The largest absolute Gasteiger partial charge is 0.463 e. The maximum absolute atomic E-state index is 13.3. The van der Waals surface area contributed by atoms with E-state index in [1.807, 2.05) is 0 Å². The fourth-order valence-electron chi connectivity index (χ4n) is 2.04. The molecular weight excluding hydrogens is 335 g/mol. The first-order chi connectivity index (χ1) is 11.8. The predicted molar refractivity (Wildman–Crippen MR) is 86.0 cm³/mol. The lowest BCUT2D eigenvalue weighted by atomic mass is 10.1. The molecule has 4 nitrogen and oxygen atoms in total. The lowest BCUT2D eigenvalue weighted by Gasteiger charge is -2.14. The van der Waals surface area contributed by atoms with Crippen LogP contribution in [0.15, 0.2) is 48.3 Å². The topological polar surface area (TPSA) is 48.4 Å². The van der Waals surface area contributed by atoms with E-state index >= 15 is 0 Å². The second-order valence-electron chi connectivity index (χ2n) is 5.09. The fraction of sp³-hybridized carbons (Fsp3) is 0.222. The van der Waals surface area contributed by atoms with Gasteiger partial charge >= 0.3 is 12.1 Å². The van der Waals surface area contributed by atoms with Crippen molar-refractivity contribution in [3.63, 3.8) is 0 Å². The van der Waals surface area contributed by atoms with Gasteiger partial charge in [0, 0.05) is 11.8 Å². The zero-order valence-electron chi connectivity index (χ0n) is 13.6. The second kappa shape index (κ2) is 7.83. The van der Waals surface area contributed by atoms with Gasteiger partial charge in [0.25, 0.3) is 0 Å². The summed E-state index contributed by atoms with van der Waals surface area (Å²) in [4.78, 5) is 15.4. The standard InChI is InChI=1S/C18H16F3NO3/c1-3-24-17(23)12(2)9-13-6-7-16(15(10-13)18(19,20)21)25-14-5-4-8-22-11-14/h4-11H,3H2,1-2H3. The van der Waals surface area contributed by atoms with E-state index in [1.54, 1.807) is 13.0 Å². The van der Waals surface area contributed by atoms with Crippen molar-refractivity contribution in [2.24, 2.45) is 0 Å². The van der Waals surface area contributed by atoms with Gasteiger partial charge in [0.15, 0.2) is 0 Å². The number of nitrogens with zero attached hydrogens (tertiary/aromatic N) is 1. The fourth-order valence-corrected chi connectivity index (χ4v) is 2.04. The first kappa shape index (κ1) is 18.5. The number of alkyl halides is 3. The van der Waals surface area contributed by atoms with Gasteiger partial charge < -0.3 is 9.47 Å². The third kappa shape index (κ3) is 5.07. The van der Waals surface area contributed by atoms with Crippen molar-refractivity contribution in [2.45, 2.75) is 20.0 Å². The van der Waals surface area contributed by atoms with E-state index in [9.17, 15) is 18.0 Å². The molecule has 0 fully saturated rings. The Balaban J connectivity index is 2.37. The number of carbonyl (C=O) groups excluding carboxylic acids is 1. The summed E-state index contributed by atoms with van der Waals surface area (Å²) in [7, 11) is 0. The van der Waals surface area contributed by atoms with Crippen molar-refractivity contribution < 1.29 is 27.4 Å². The lowest BCUT2D eigenvalue weighted by molar-refractivity contribution is -0.139. The van der Waals surface area contributed by atoms with Gasteiger partial charge in [0.2, 0.25) is 0 Å². The number of carbonyl (C=O) groups is 1. The normalized spacial score (nSPS) is 12.0. The molecule has 0 amide bonds. The van der Waals surface area contributed by atoms with Crippen LogP contribution in [-0.4, -0.2) is 17.6 Å². The van der Waals surface area contributed by atoms with Crippen molar-refractivity contribution in [3.05, 3.63) is 59.4 Å². The maximum Gasteiger partial charge on any atom is 0.420 e. The smallest absolute Gasteiger partial charge is 0.420 e. The quantitative estimate of drug-likeness (QED) is 0.570. The molecule has 0 radical (unpaired) electrons. The average molecular weight is 351 g/mol. The first-order valence-corrected chi connectivity index (χ1v) is 7.46. The number of benzene rings is 1. The Morgan fingerprint density at radius 2 is 2.04 bits per heavy atom. The molecule has 0 N–H and O–H groups in total. The van der Waals surface area contributed by atoms with Crippen molar-refractivity contribution in [3.8, 4) is 11.5 Å². The molecule has 0 saturated carbocycles. The highest BCUT2D eigenvalue weighted by atomic mass is 19.4. The summed E-state index contributed by atoms with van der Waals surface area (Å²) in [6.07, 6.45) is -0.469. The number of esters is 1. The summed E-state index contributed by atoms with van der Waals surface area (Å²) in [6.45, 7) is 3.32. The zero-order valence-corrected chi connectivity index (χ0v) is 13.6. The van der Waals surface area contributed by atoms with Gasteiger partial charge in [-0.05, 0) is 49.8 Å². The SMILES string of the molecule is CCOC(=O)C(C)=Cc1ccc(Oc2cccnc2)c(C(F)(F)F)c1. The molecule has 1 aromatic carbocycles. The van der Waals surface area contributed by atoms with E-state index in [4.69, 9.17) is 9.47 Å². The van der Waals surface area contributed by atoms with Crippen molar-refractivity contribution >= 4 is 12.0 Å². The Hall–Kier alpha value is -2.83. The minimum atomic E-state index is -4.61. The molecule has 132 valence electrons. The van der Waals surface area contributed by atoms with E-state index < -0.39 is 17.7 Å². The number of hydrogen-bond acceptors (Lipinski definition) is 4. The molecule has 0 aliphatic heterocycles. The summed E-state index contributed by atoms with van der Waals surface area (Å²) in [6, 6.07) is 6.63. The molecule has 2 aromatic rings. The van der Waals surface area contributed by atoms with E-state index in [0.717, 1.165) is 6.07 Å². The number of halogens is 3. The Morgan fingerprint density at radius 1 is 1.28 bits per heavy atom. The van der Waals surface area contributed by atoms with Crippen LogP contribution in [0.4, 0.5) is 13.2 Å². The van der Waals surface area contributed by atoms with Gasteiger partial charge in [-0.15, -0.1) is 0 Å². The zero-order chi connectivity index (χ0) is 18.4. The molecule has 0 saturated heterocycles. The summed E-state index contributed by atoms with van der Waals surface area (Å²) in [5.74, 6) is -0.725. The monoisotopic (exact) mass is 351 g/mol. The van der Waals surface area contributed by atoms with Crippen LogP contribution in [0.5, 0.6) is 11.5 Å². The van der Waals surface area contributed by atoms with Crippen LogP contribution >= 0.6 is 0 Å². The molecule has 7 heteroatoms. The van der Waals surface area contributed by atoms with Crippen molar-refractivity contribution in [1.29, 1.82) is 0 Å². The van der Waals surface area contributed by atoms with Gasteiger partial charge in [-0.3, -0.25) is 4.98 Å². The first-order valence-electron chi connectivity index (χ1n) is 7.46. The van der Waals surface area contributed by atoms with Gasteiger partial charge in [0.05, 0.1) is 18.4 Å². The van der Waals surface area contributed by atoms with Crippen LogP contribution in [0.2, 0.25) is 0 Å². The highest BCUT2D eigenvalue weighted by molar-refractivity contribution is 5.93. The van der Waals surface area contributed by atoms with Crippen LogP contribution in [0.1, 0.15) is 25.0 Å². The molecule has 1 heterocycles. The number of pyridine rings is 1. The van der Waals surface area contributed by atoms with E-state index in [0.29, 0.717) is 0 Å². The highest BCUT2D eigenvalue weighted by Gasteiger charge is 2.34. The van der Waals surface area contributed by atoms with Crippen LogP contribution in [-0.2, 0) is 15.7 Å². The van der Waals surface area contributed by atoms with Gasteiger partial charge in [0.1, 0.15) is 11.5 Å². The molecule has 2 rings (SSSR count). The lowest BCUT2D eigenvalue weighted by Crippen LogP contribution is -2.08. The van der Waals surface area contributed by atoms with E-state index in [1.165, 1.54) is 43.6 Å². The average Bonchev–Trinajstić information content (AvgIpc) is 2.56. The molecule has 0 aliphatic rings. The van der Waals surface area contributed by atoms with Crippen molar-refractivity contribution in [2.75, 3.05) is 6.61 Å².